The number of aromatic amines is 1. The van der Waals surface area contributed by atoms with Crippen LogP contribution in [0.4, 0.5) is 0 Å². The molecule has 0 aliphatic heterocycles. The quantitative estimate of drug-likeness (QED) is 0.778. The first-order chi connectivity index (χ1) is 10.1. The van der Waals surface area contributed by atoms with Crippen LogP contribution in [-0.4, -0.2) is 20.9 Å². The number of amides is 1. The molecular formula is C15H16N4OS. The lowest BCUT2D eigenvalue weighted by molar-refractivity contribution is -0.121. The molecule has 2 aromatic heterocycles. The fourth-order valence-corrected chi connectivity index (χ4v) is 2.81. The van der Waals surface area contributed by atoms with Gasteiger partial charge in [-0.05, 0) is 26.0 Å². The van der Waals surface area contributed by atoms with Crippen molar-refractivity contribution in [3.8, 4) is 0 Å². The van der Waals surface area contributed by atoms with Crippen molar-refractivity contribution < 1.29 is 4.79 Å². The van der Waals surface area contributed by atoms with Gasteiger partial charge in [-0.1, -0.05) is 12.1 Å². The van der Waals surface area contributed by atoms with Gasteiger partial charge < -0.3 is 10.3 Å². The molecule has 5 nitrogen and oxygen atoms in total. The molecule has 2 heterocycles. The zero-order valence-corrected chi connectivity index (χ0v) is 12.7. The van der Waals surface area contributed by atoms with Crippen molar-refractivity contribution in [2.45, 2.75) is 26.3 Å². The van der Waals surface area contributed by atoms with Crippen LogP contribution in [0.3, 0.4) is 0 Å². The predicted molar refractivity (Wildman–Crippen MR) is 83.2 cm³/mol. The molecule has 0 fully saturated rings. The van der Waals surface area contributed by atoms with Gasteiger partial charge in [-0.2, -0.15) is 0 Å². The Morgan fingerprint density at radius 1 is 1.38 bits per heavy atom. The van der Waals surface area contributed by atoms with E-state index in [9.17, 15) is 4.79 Å². The van der Waals surface area contributed by atoms with E-state index in [-0.39, 0.29) is 11.9 Å². The minimum Gasteiger partial charge on any atom is -0.346 e. The lowest BCUT2D eigenvalue weighted by Crippen LogP contribution is -2.28. The summed E-state index contributed by atoms with van der Waals surface area (Å²) in [5, 5.41) is 5.84. The van der Waals surface area contributed by atoms with Crippen LogP contribution in [0.15, 0.2) is 29.6 Å². The Morgan fingerprint density at radius 2 is 2.19 bits per heavy atom. The second-order valence-corrected chi connectivity index (χ2v) is 6.03. The molecule has 1 atom stereocenters. The minimum absolute atomic E-state index is 0.0479. The number of imidazole rings is 1. The van der Waals surface area contributed by atoms with Crippen LogP contribution in [0.25, 0.3) is 11.0 Å². The average molecular weight is 300 g/mol. The number of nitrogens with one attached hydrogen (secondary N) is 2. The van der Waals surface area contributed by atoms with Crippen molar-refractivity contribution in [1.82, 2.24) is 20.3 Å². The second-order valence-electron chi connectivity index (χ2n) is 4.96. The molecule has 1 aromatic carbocycles. The number of thiazole rings is 1. The van der Waals surface area contributed by atoms with Gasteiger partial charge in [0.25, 0.3) is 0 Å². The Hall–Kier alpha value is -2.21. The summed E-state index contributed by atoms with van der Waals surface area (Å²) in [6.07, 6.45) is 0.301. The molecule has 3 aromatic rings. The van der Waals surface area contributed by atoms with Gasteiger partial charge in [-0.25, -0.2) is 9.97 Å². The van der Waals surface area contributed by atoms with Gasteiger partial charge in [-0.15, -0.1) is 11.3 Å². The molecule has 0 saturated heterocycles. The molecule has 2 N–H and O–H groups in total. The molecule has 108 valence electrons. The smallest absolute Gasteiger partial charge is 0.226 e. The van der Waals surface area contributed by atoms with Gasteiger partial charge >= 0.3 is 0 Å². The lowest BCUT2D eigenvalue weighted by Gasteiger charge is -2.10. The molecule has 0 radical (unpaired) electrons. The predicted octanol–water partition coefficient (Wildman–Crippen LogP) is 2.75. The number of aryl methyl sites for hydroxylation is 1. The first-order valence-corrected chi connectivity index (χ1v) is 7.65. The number of carbonyl (C=O) groups is 1. The number of H-pyrrole nitrogens is 1. The van der Waals surface area contributed by atoms with E-state index >= 15 is 0 Å². The molecule has 0 saturated carbocycles. The number of nitrogens with zero attached hydrogens (tertiary/aromatic N) is 2. The Bertz CT molecular complexity index is 744. The lowest BCUT2D eigenvalue weighted by atomic mass is 10.2. The van der Waals surface area contributed by atoms with Crippen LogP contribution < -0.4 is 5.32 Å². The summed E-state index contributed by atoms with van der Waals surface area (Å²) in [5.41, 5.74) is 2.69. The number of aromatic nitrogens is 3. The van der Waals surface area contributed by atoms with E-state index in [4.69, 9.17) is 0 Å². The SMILES string of the molecule is Cc1nc(CC(=O)NC(C)c2nc3ccccc3[nH]2)cs1. The number of hydrogen-bond acceptors (Lipinski definition) is 4. The molecule has 0 bridgehead atoms. The third-order valence-corrected chi connectivity index (χ3v) is 4.03. The average Bonchev–Trinajstić information content (AvgIpc) is 3.04. The van der Waals surface area contributed by atoms with Gasteiger partial charge in [0.2, 0.25) is 5.91 Å². The van der Waals surface area contributed by atoms with E-state index in [1.54, 1.807) is 11.3 Å². The second kappa shape index (κ2) is 5.65. The first-order valence-electron chi connectivity index (χ1n) is 6.77. The third-order valence-electron chi connectivity index (χ3n) is 3.20. The zero-order valence-electron chi connectivity index (χ0n) is 11.9. The fourth-order valence-electron chi connectivity index (χ4n) is 2.19. The number of carbonyl (C=O) groups excluding carboxylic acids is 1. The zero-order chi connectivity index (χ0) is 14.8. The maximum absolute atomic E-state index is 12.0. The molecule has 0 aliphatic rings. The van der Waals surface area contributed by atoms with E-state index in [0.29, 0.717) is 6.42 Å². The summed E-state index contributed by atoms with van der Waals surface area (Å²) < 4.78 is 0. The van der Waals surface area contributed by atoms with Gasteiger partial charge in [0.05, 0.1) is 34.2 Å². The third kappa shape index (κ3) is 3.11. The van der Waals surface area contributed by atoms with Gasteiger partial charge in [0.1, 0.15) is 5.82 Å². The number of para-hydroxylation sites is 2. The van der Waals surface area contributed by atoms with E-state index in [1.807, 2.05) is 43.5 Å². The molecule has 0 aliphatic carbocycles. The van der Waals surface area contributed by atoms with Gasteiger partial charge in [0, 0.05) is 5.38 Å². The first kappa shape index (κ1) is 13.8. The standard InChI is InChI=1S/C15H16N4OS/c1-9(15-18-12-5-3-4-6-13(12)19-15)16-14(20)7-11-8-21-10(2)17-11/h3-6,8-9H,7H2,1-2H3,(H,16,20)(H,18,19). The molecule has 0 spiro atoms. The van der Waals surface area contributed by atoms with Crippen molar-refractivity contribution in [3.63, 3.8) is 0 Å². The summed E-state index contributed by atoms with van der Waals surface area (Å²) >= 11 is 1.56. The summed E-state index contributed by atoms with van der Waals surface area (Å²) in [4.78, 5) is 24.1. The number of hydrogen-bond donors (Lipinski definition) is 2. The Labute approximate surface area is 126 Å². The summed E-state index contributed by atoms with van der Waals surface area (Å²) in [5.74, 6) is 0.715. The fraction of sp³-hybridized carbons (Fsp3) is 0.267. The van der Waals surface area contributed by atoms with E-state index in [0.717, 1.165) is 27.6 Å². The molecular weight excluding hydrogens is 284 g/mol. The summed E-state index contributed by atoms with van der Waals surface area (Å²) in [7, 11) is 0. The molecule has 6 heteroatoms. The minimum atomic E-state index is -0.162. The van der Waals surface area contributed by atoms with Crippen molar-refractivity contribution in [2.75, 3.05) is 0 Å². The largest absolute Gasteiger partial charge is 0.346 e. The highest BCUT2D eigenvalue weighted by Gasteiger charge is 2.14. The van der Waals surface area contributed by atoms with Gasteiger partial charge in [0.15, 0.2) is 0 Å². The van der Waals surface area contributed by atoms with Crippen LogP contribution in [-0.2, 0) is 11.2 Å². The number of fused-ring (bicyclic) bond motifs is 1. The highest BCUT2D eigenvalue weighted by Crippen LogP contribution is 2.16. The Kier molecular flexibility index (Phi) is 3.70. The van der Waals surface area contributed by atoms with E-state index in [2.05, 4.69) is 20.3 Å². The number of benzene rings is 1. The van der Waals surface area contributed by atoms with Crippen molar-refractivity contribution in [1.29, 1.82) is 0 Å². The highest BCUT2D eigenvalue weighted by atomic mass is 32.1. The summed E-state index contributed by atoms with van der Waals surface area (Å²) in [6, 6.07) is 7.66. The van der Waals surface area contributed by atoms with Crippen LogP contribution in [0.2, 0.25) is 0 Å². The maximum atomic E-state index is 12.0. The maximum Gasteiger partial charge on any atom is 0.226 e. The van der Waals surface area contributed by atoms with Gasteiger partial charge in [-0.3, -0.25) is 4.79 Å². The van der Waals surface area contributed by atoms with Crippen LogP contribution in [0.5, 0.6) is 0 Å². The van der Waals surface area contributed by atoms with Crippen LogP contribution >= 0.6 is 11.3 Å². The molecule has 21 heavy (non-hydrogen) atoms. The normalized spacial score (nSPS) is 12.5. The van der Waals surface area contributed by atoms with Crippen molar-refractivity contribution >= 4 is 28.3 Å². The topological polar surface area (TPSA) is 70.7 Å². The van der Waals surface area contributed by atoms with Crippen LogP contribution in [0, 0.1) is 6.92 Å². The van der Waals surface area contributed by atoms with E-state index < -0.39 is 0 Å². The monoisotopic (exact) mass is 300 g/mol. The van der Waals surface area contributed by atoms with Crippen molar-refractivity contribution in [3.05, 3.63) is 46.2 Å². The Morgan fingerprint density at radius 3 is 2.90 bits per heavy atom. The summed E-state index contributed by atoms with van der Waals surface area (Å²) in [6.45, 7) is 3.85. The van der Waals surface area contributed by atoms with Crippen LogP contribution in [0.1, 0.15) is 29.5 Å². The molecule has 1 amide bonds. The number of rotatable bonds is 4. The molecule has 1 unspecified atom stereocenters. The highest BCUT2D eigenvalue weighted by molar-refractivity contribution is 7.09. The Balaban J connectivity index is 1.67. The van der Waals surface area contributed by atoms with Crippen molar-refractivity contribution in [2.24, 2.45) is 0 Å². The molecule has 3 rings (SSSR count). The van der Waals surface area contributed by atoms with E-state index in [1.165, 1.54) is 0 Å².